The number of nitro groups is 2. The molecule has 6 rings (SSSR count). The van der Waals surface area contributed by atoms with Gasteiger partial charge in [-0.2, -0.15) is 13.2 Å². The number of hydrogen-bond donors (Lipinski definition) is 0. The summed E-state index contributed by atoms with van der Waals surface area (Å²) in [6, 6.07) is 32.0. The molecule has 29 heteroatoms. The van der Waals surface area contributed by atoms with E-state index in [1.54, 1.807) is 71.4 Å². The van der Waals surface area contributed by atoms with Crippen LogP contribution in [0.4, 0.5) is 46.5 Å². The van der Waals surface area contributed by atoms with Crippen LogP contribution in [0.1, 0.15) is 127 Å². The Morgan fingerprint density at radius 2 is 0.854 bits per heavy atom. The number of nitrogens with zero attached hydrogens (tertiary/aromatic N) is 2. The monoisotopic (exact) mass is 1300 g/mol. The first kappa shape index (κ1) is 84.1. The molecule has 6 aromatic rings. The lowest BCUT2D eigenvalue weighted by molar-refractivity contribution is -0.385. The number of esters is 1. The molecule has 0 unspecified atom stereocenters. The van der Waals surface area contributed by atoms with Gasteiger partial charge in [-0.25, -0.2) is 38.8 Å². The van der Waals surface area contributed by atoms with E-state index in [0.29, 0.717) is 30.6 Å². The third-order valence-corrected chi connectivity index (χ3v) is 12.0. The van der Waals surface area contributed by atoms with Gasteiger partial charge < -0.3 is 14.2 Å². The maximum Gasteiger partial charge on any atom is 0.497 e. The zero-order chi connectivity index (χ0) is 69.9. The minimum Gasteiger partial charge on any atom is -0.497 e. The van der Waals surface area contributed by atoms with E-state index in [-0.39, 0.29) is 51.6 Å². The highest BCUT2D eigenvalue weighted by molar-refractivity contribution is 7.91. The highest BCUT2D eigenvalue weighted by atomic mass is 32.2. The van der Waals surface area contributed by atoms with Crippen molar-refractivity contribution in [2.24, 2.45) is 5.92 Å². The number of benzene rings is 6. The molecule has 6 aromatic carbocycles. The summed E-state index contributed by atoms with van der Waals surface area (Å²) in [6.45, 7) is 18.7. The van der Waals surface area contributed by atoms with E-state index in [1.165, 1.54) is 50.2 Å². The summed E-state index contributed by atoms with van der Waals surface area (Å²) in [5.74, 6) is -9.93. The van der Waals surface area contributed by atoms with E-state index < -0.39 is 75.5 Å². The summed E-state index contributed by atoms with van der Waals surface area (Å²) >= 11 is 0. The summed E-state index contributed by atoms with van der Waals surface area (Å²) in [6.07, 6.45) is 1.17. The van der Waals surface area contributed by atoms with Gasteiger partial charge in [0, 0.05) is 66.0 Å². The van der Waals surface area contributed by atoms with Crippen LogP contribution in [0.25, 0.3) is 0 Å². The number of carbonyl (C=O) groups is 6. The van der Waals surface area contributed by atoms with E-state index >= 15 is 0 Å². The van der Waals surface area contributed by atoms with Crippen LogP contribution in [-0.2, 0) is 29.2 Å². The first-order valence-corrected chi connectivity index (χ1v) is 29.2. The Morgan fingerprint density at radius 1 is 0.517 bits per heavy atom. The number of halogens is 8. The van der Waals surface area contributed by atoms with Crippen molar-refractivity contribution in [1.29, 1.82) is 0 Å². The second-order valence-electron chi connectivity index (χ2n) is 17.7. The average Bonchev–Trinajstić information content (AvgIpc) is 2.74. The zero-order valence-corrected chi connectivity index (χ0v) is 52.6. The fourth-order valence-corrected chi connectivity index (χ4v) is 6.12. The molecule has 0 N–H and O–H groups in total. The average molecular weight is 1310 g/mol. The van der Waals surface area contributed by atoms with Crippen molar-refractivity contribution in [2.75, 3.05) is 33.3 Å². The maximum absolute atomic E-state index is 12.7. The lowest BCUT2D eigenvalue weighted by atomic mass is 10.1. The standard InChI is InChI=1S/C10H12O2.C9H10O2.C8H3F5O.C8H7NO3.C8H8O.C7H7NO4S.C6H12O2.C2H3F3O2S.C2H6/c1-7-6-9(12-3)4-5-10(7)8(2)11;1-7(10)8-3-5-9(11-2)6-4-8;1-2(14)3-4(9)6(11)8(13)7(12)5(3)10;1-6(10)7-2-4-8(5-3-7)9(11)12;1-7(9)8-5-3-2-4-6-8;1-13(11,12)7-4-2-6(3-5-7)8(9)10;1-5(2)4-8-6(3)7;1-8(6,7)2(3,4)5;1-2/h4-6H,1-3H3;3-6H,1-2H3;1H3;2-5H,1H3;2-6H,1H3;2-5H,1H3;5H,4H2,1-3H3;1H3;1-2H3. The number of aryl methyl sites for hydroxylation is 1. The molecule has 0 saturated heterocycles. The lowest BCUT2D eigenvalue weighted by Gasteiger charge is -2.04. The van der Waals surface area contributed by atoms with Gasteiger partial charge in [-0.3, -0.25) is 49.0 Å². The fourth-order valence-electron chi connectivity index (χ4n) is 5.49. The molecular weight excluding hydrogens is 1240 g/mol. The Hall–Kier alpha value is -9.12. The molecule has 0 fully saturated rings. The van der Waals surface area contributed by atoms with Crippen molar-refractivity contribution < 1.29 is 105 Å². The molecule has 0 atom stereocenters. The number of rotatable bonds is 12. The largest absolute Gasteiger partial charge is 0.497 e. The second kappa shape index (κ2) is 41.1. The van der Waals surface area contributed by atoms with Crippen molar-refractivity contribution in [3.8, 4) is 11.5 Å². The Balaban J connectivity index is -0.000000952. The fraction of sp³-hybridized carbons (Fsp3) is 0.300. The molecule has 19 nitrogen and oxygen atoms in total. The van der Waals surface area contributed by atoms with Gasteiger partial charge in [0.2, 0.25) is 15.7 Å². The van der Waals surface area contributed by atoms with Crippen molar-refractivity contribution >= 4 is 65.9 Å². The molecule has 0 aliphatic carbocycles. The van der Waals surface area contributed by atoms with Gasteiger partial charge in [-0.05, 0) is 120 Å². The van der Waals surface area contributed by atoms with Crippen molar-refractivity contribution in [3.63, 3.8) is 0 Å². The highest BCUT2D eigenvalue weighted by Gasteiger charge is 2.41. The van der Waals surface area contributed by atoms with Gasteiger partial charge in [-0.15, -0.1) is 0 Å². The number of sulfone groups is 2. The summed E-state index contributed by atoms with van der Waals surface area (Å²) in [5, 5.41) is 20.4. The van der Waals surface area contributed by atoms with Gasteiger partial charge in [0.1, 0.15) is 11.5 Å². The molecule has 0 aliphatic rings. The first-order valence-electron chi connectivity index (χ1n) is 25.4. The number of Topliss-reactive ketones (excluding diaryl/α,β-unsaturated/α-hetero) is 5. The Morgan fingerprint density at radius 3 is 1.11 bits per heavy atom. The predicted molar refractivity (Wildman–Crippen MR) is 316 cm³/mol. The Labute approximate surface area is 510 Å². The van der Waals surface area contributed by atoms with E-state index in [0.717, 1.165) is 46.6 Å². The molecule has 0 bridgehead atoms. The highest BCUT2D eigenvalue weighted by Crippen LogP contribution is 2.24. The summed E-state index contributed by atoms with van der Waals surface area (Å²) in [7, 11) is -4.89. The molecule has 89 heavy (non-hydrogen) atoms. The minimum atomic E-state index is -5.09. The van der Waals surface area contributed by atoms with Gasteiger partial charge in [0.05, 0.1) is 41.1 Å². The Kier molecular flexibility index (Phi) is 38.8. The number of methoxy groups -OCH3 is 2. The molecule has 488 valence electrons. The van der Waals surface area contributed by atoms with Crippen LogP contribution < -0.4 is 9.47 Å². The second-order valence-corrected chi connectivity index (χ2v) is 21.8. The Bertz CT molecular complexity index is 3470. The first-order chi connectivity index (χ1) is 41.0. The predicted octanol–water partition coefficient (Wildman–Crippen LogP) is 14.2. The smallest absolute Gasteiger partial charge is 0.497 e. The van der Waals surface area contributed by atoms with Gasteiger partial charge in [-0.1, -0.05) is 58.0 Å². The third-order valence-electron chi connectivity index (χ3n) is 10.1. The summed E-state index contributed by atoms with van der Waals surface area (Å²) < 4.78 is 151. The van der Waals surface area contributed by atoms with Crippen LogP contribution >= 0.6 is 0 Å². The molecule has 0 spiro atoms. The number of carbonyl (C=O) groups excluding carboxylic acids is 6. The lowest BCUT2D eigenvalue weighted by Crippen LogP contribution is -2.20. The molecule has 0 aliphatic heterocycles. The minimum absolute atomic E-state index is 0.000000000000000222. The summed E-state index contributed by atoms with van der Waals surface area (Å²) in [5.41, 5.74) is -2.93. The number of alkyl halides is 3. The van der Waals surface area contributed by atoms with Crippen molar-refractivity contribution in [2.45, 2.75) is 86.6 Å². The molecule has 0 radical (unpaired) electrons. The van der Waals surface area contributed by atoms with Crippen molar-refractivity contribution in [3.05, 3.63) is 204 Å². The van der Waals surface area contributed by atoms with Crippen molar-refractivity contribution in [1.82, 2.24) is 0 Å². The SMILES string of the molecule is CC.CC(=O)OCC(C)C.CC(=O)c1c(F)c(F)c(F)c(F)c1F.CC(=O)c1ccc([N+](=O)[O-])cc1.CC(=O)c1ccccc1.COc1ccc(C(C)=O)c(C)c1.COc1ccc(C(C)=O)cc1.CS(=O)(=O)C(F)(F)F.CS(=O)(=O)c1ccc([N+](=O)[O-])cc1. The zero-order valence-electron chi connectivity index (χ0n) is 51.0. The number of ketones is 5. The van der Waals surface area contributed by atoms with Crippen LogP contribution in [0.3, 0.4) is 0 Å². The molecular formula is C60H68F8N2O17S2. The number of ether oxygens (including phenoxy) is 3. The van der Waals surface area contributed by atoms with Gasteiger partial charge in [0.25, 0.3) is 11.4 Å². The van der Waals surface area contributed by atoms with Gasteiger partial charge in [0.15, 0.2) is 62.0 Å². The molecule has 0 aromatic heterocycles. The van der Waals surface area contributed by atoms with Gasteiger partial charge >= 0.3 is 11.5 Å². The summed E-state index contributed by atoms with van der Waals surface area (Å²) in [4.78, 5) is 83.4. The number of nitro benzene ring substituents is 2. The van der Waals surface area contributed by atoms with Crippen LogP contribution in [0.5, 0.6) is 11.5 Å². The van der Waals surface area contributed by atoms with E-state index in [1.807, 2.05) is 71.0 Å². The van der Waals surface area contributed by atoms with Crippen LogP contribution in [-0.4, -0.2) is 100 Å². The maximum atomic E-state index is 12.7. The third kappa shape index (κ3) is 33.6. The molecule has 0 heterocycles. The topological polar surface area (TPSA) is 285 Å². The molecule has 0 amide bonds. The normalized spacial score (nSPS) is 10.1. The number of non-ortho nitro benzene ring substituents is 2. The van der Waals surface area contributed by atoms with Crippen LogP contribution in [0.2, 0.25) is 0 Å². The van der Waals surface area contributed by atoms with Crippen LogP contribution in [0.15, 0.2) is 126 Å². The van der Waals surface area contributed by atoms with E-state index in [9.17, 15) is 101 Å². The van der Waals surface area contributed by atoms with Crippen LogP contribution in [0, 0.1) is 62.2 Å². The van der Waals surface area contributed by atoms with E-state index in [2.05, 4.69) is 4.74 Å². The number of hydrogen-bond acceptors (Lipinski definition) is 17. The van der Waals surface area contributed by atoms with E-state index in [4.69, 9.17) is 9.47 Å². The molecule has 0 saturated carbocycles. The quantitative estimate of drug-likeness (QED) is 0.0209.